The van der Waals surface area contributed by atoms with Crippen LogP contribution in [0, 0.1) is 6.92 Å². The minimum atomic E-state index is -0.277. The van der Waals surface area contributed by atoms with Crippen LogP contribution in [0.15, 0.2) is 29.2 Å². The second kappa shape index (κ2) is 5.82. The number of hydrogen-bond donors (Lipinski definition) is 1. The van der Waals surface area contributed by atoms with Crippen LogP contribution in [0.2, 0.25) is 0 Å². The molecule has 0 fully saturated rings. The molecule has 8 heteroatoms. The molecule has 0 bridgehead atoms. The first-order valence-electron chi connectivity index (χ1n) is 6.25. The third kappa shape index (κ3) is 3.06. The van der Waals surface area contributed by atoms with Gasteiger partial charge in [0, 0.05) is 4.90 Å². The number of rotatable bonds is 3. The molecule has 1 aromatic heterocycles. The predicted molar refractivity (Wildman–Crippen MR) is 82.8 cm³/mol. The predicted octanol–water partition coefficient (Wildman–Crippen LogP) is 1.92. The molecular weight excluding hydrogens is 308 g/mol. The molecule has 3 rings (SSSR count). The number of nitrogens with zero attached hydrogens (tertiary/aromatic N) is 3. The van der Waals surface area contributed by atoms with Crippen LogP contribution in [-0.2, 0) is 9.59 Å². The molecule has 108 valence electrons. The van der Waals surface area contributed by atoms with Gasteiger partial charge in [-0.3, -0.25) is 14.9 Å². The molecule has 1 aliphatic heterocycles. The van der Waals surface area contributed by atoms with Crippen LogP contribution in [0.25, 0.3) is 0 Å². The van der Waals surface area contributed by atoms with E-state index in [9.17, 15) is 9.59 Å². The lowest BCUT2D eigenvalue weighted by molar-refractivity contribution is -0.120. The first-order valence-corrected chi connectivity index (χ1v) is 8.06. The number of amides is 2. The van der Waals surface area contributed by atoms with Gasteiger partial charge in [0.1, 0.15) is 11.6 Å². The van der Waals surface area contributed by atoms with Gasteiger partial charge < -0.3 is 4.90 Å². The SMILES string of the molecule is Cc1nnc(NC(=O)CN2C(=O)CSc3ccccc32)s1. The molecular formula is C13H12N4O2S2. The molecule has 0 unspecified atom stereocenters. The number of para-hydroxylation sites is 1. The summed E-state index contributed by atoms with van der Waals surface area (Å²) in [5.41, 5.74) is 0.780. The normalized spacial score (nSPS) is 14.0. The molecule has 0 saturated heterocycles. The number of aryl methyl sites for hydroxylation is 1. The zero-order valence-electron chi connectivity index (χ0n) is 11.2. The Morgan fingerprint density at radius 3 is 2.95 bits per heavy atom. The maximum absolute atomic E-state index is 12.1. The summed E-state index contributed by atoms with van der Waals surface area (Å²) < 4.78 is 0. The molecule has 21 heavy (non-hydrogen) atoms. The van der Waals surface area contributed by atoms with Crippen molar-refractivity contribution < 1.29 is 9.59 Å². The number of thioether (sulfide) groups is 1. The van der Waals surface area contributed by atoms with Gasteiger partial charge >= 0.3 is 0 Å². The minimum Gasteiger partial charge on any atom is -0.301 e. The molecule has 0 spiro atoms. The lowest BCUT2D eigenvalue weighted by Crippen LogP contribution is -2.41. The quantitative estimate of drug-likeness (QED) is 0.935. The van der Waals surface area contributed by atoms with Gasteiger partial charge in [-0.1, -0.05) is 23.5 Å². The molecule has 6 nitrogen and oxygen atoms in total. The van der Waals surface area contributed by atoms with Crippen LogP contribution < -0.4 is 10.2 Å². The lowest BCUT2D eigenvalue weighted by atomic mass is 10.2. The van der Waals surface area contributed by atoms with Crippen LogP contribution in [0.3, 0.4) is 0 Å². The summed E-state index contributed by atoms with van der Waals surface area (Å²) in [7, 11) is 0. The van der Waals surface area contributed by atoms with Crippen molar-refractivity contribution in [1.82, 2.24) is 10.2 Å². The Balaban J connectivity index is 1.74. The first-order chi connectivity index (χ1) is 10.1. The van der Waals surface area contributed by atoms with Gasteiger partial charge in [-0.05, 0) is 19.1 Å². The zero-order valence-corrected chi connectivity index (χ0v) is 12.8. The number of benzene rings is 1. The van der Waals surface area contributed by atoms with E-state index in [4.69, 9.17) is 0 Å². The van der Waals surface area contributed by atoms with Gasteiger partial charge in [0.15, 0.2) is 0 Å². The molecule has 2 aromatic rings. The molecule has 0 atom stereocenters. The van der Waals surface area contributed by atoms with Crippen molar-refractivity contribution in [3.63, 3.8) is 0 Å². The van der Waals surface area contributed by atoms with Crippen molar-refractivity contribution >= 4 is 45.7 Å². The lowest BCUT2D eigenvalue weighted by Gasteiger charge is -2.28. The summed E-state index contributed by atoms with van der Waals surface area (Å²) in [6.07, 6.45) is 0. The van der Waals surface area contributed by atoms with E-state index in [0.29, 0.717) is 10.9 Å². The van der Waals surface area contributed by atoms with Crippen molar-refractivity contribution in [1.29, 1.82) is 0 Å². The molecule has 1 N–H and O–H groups in total. The maximum atomic E-state index is 12.1. The maximum Gasteiger partial charge on any atom is 0.246 e. The number of aromatic nitrogens is 2. The van der Waals surface area contributed by atoms with Gasteiger partial charge in [0.05, 0.1) is 11.4 Å². The van der Waals surface area contributed by atoms with E-state index >= 15 is 0 Å². The molecule has 0 aliphatic carbocycles. The Kier molecular flexibility index (Phi) is 3.89. The summed E-state index contributed by atoms with van der Waals surface area (Å²) in [6, 6.07) is 7.58. The van der Waals surface area contributed by atoms with E-state index < -0.39 is 0 Å². The Bertz CT molecular complexity index is 701. The van der Waals surface area contributed by atoms with E-state index in [1.165, 1.54) is 28.0 Å². The van der Waals surface area contributed by atoms with Crippen LogP contribution in [-0.4, -0.2) is 34.3 Å². The van der Waals surface area contributed by atoms with E-state index in [0.717, 1.165) is 15.6 Å². The summed E-state index contributed by atoms with van der Waals surface area (Å²) in [6.45, 7) is 1.80. The van der Waals surface area contributed by atoms with Crippen LogP contribution in [0.4, 0.5) is 10.8 Å². The summed E-state index contributed by atoms with van der Waals surface area (Å²) in [4.78, 5) is 26.6. The molecule has 2 amide bonds. The largest absolute Gasteiger partial charge is 0.301 e. The average Bonchev–Trinajstić information content (AvgIpc) is 2.87. The number of fused-ring (bicyclic) bond motifs is 1. The highest BCUT2D eigenvalue weighted by Crippen LogP contribution is 2.34. The minimum absolute atomic E-state index is 0.0188. The fourth-order valence-electron chi connectivity index (χ4n) is 1.98. The van der Waals surface area contributed by atoms with Crippen molar-refractivity contribution in [3.05, 3.63) is 29.3 Å². The third-order valence-corrected chi connectivity index (χ3v) is 4.68. The highest BCUT2D eigenvalue weighted by molar-refractivity contribution is 8.00. The molecule has 2 heterocycles. The monoisotopic (exact) mass is 320 g/mol. The number of hydrogen-bond acceptors (Lipinski definition) is 6. The van der Waals surface area contributed by atoms with Crippen molar-refractivity contribution in [2.24, 2.45) is 0 Å². The van der Waals surface area contributed by atoms with Crippen LogP contribution in [0.5, 0.6) is 0 Å². The van der Waals surface area contributed by atoms with E-state index in [2.05, 4.69) is 15.5 Å². The second-order valence-electron chi connectivity index (χ2n) is 4.41. The molecule has 1 aromatic carbocycles. The second-order valence-corrected chi connectivity index (χ2v) is 6.61. The van der Waals surface area contributed by atoms with Gasteiger partial charge in [0.2, 0.25) is 16.9 Å². The smallest absolute Gasteiger partial charge is 0.246 e. The number of carbonyl (C=O) groups excluding carboxylic acids is 2. The summed E-state index contributed by atoms with van der Waals surface area (Å²) in [5, 5.41) is 11.6. The molecule has 1 aliphatic rings. The van der Waals surface area contributed by atoms with Crippen molar-refractivity contribution in [2.75, 3.05) is 22.5 Å². The zero-order chi connectivity index (χ0) is 14.8. The molecule has 0 saturated carbocycles. The topological polar surface area (TPSA) is 75.2 Å². The molecule has 0 radical (unpaired) electrons. The highest BCUT2D eigenvalue weighted by Gasteiger charge is 2.26. The standard InChI is InChI=1S/C13H12N4O2S2/c1-8-15-16-13(21-8)14-11(18)6-17-9-4-2-3-5-10(9)20-7-12(17)19/h2-5H,6-7H2,1H3,(H,14,16,18). The Labute approximate surface area is 129 Å². The Morgan fingerprint density at radius 1 is 1.38 bits per heavy atom. The van der Waals surface area contributed by atoms with E-state index in [1.54, 1.807) is 0 Å². The van der Waals surface area contributed by atoms with Gasteiger partial charge in [-0.15, -0.1) is 22.0 Å². The van der Waals surface area contributed by atoms with Gasteiger partial charge in [-0.2, -0.15) is 0 Å². The van der Waals surface area contributed by atoms with Crippen LogP contribution in [0.1, 0.15) is 5.01 Å². The Hall–Kier alpha value is -1.93. The van der Waals surface area contributed by atoms with Gasteiger partial charge in [-0.25, -0.2) is 0 Å². The highest BCUT2D eigenvalue weighted by atomic mass is 32.2. The summed E-state index contributed by atoms with van der Waals surface area (Å²) >= 11 is 2.79. The van der Waals surface area contributed by atoms with Gasteiger partial charge in [0.25, 0.3) is 0 Å². The Morgan fingerprint density at radius 2 is 2.19 bits per heavy atom. The van der Waals surface area contributed by atoms with Crippen LogP contribution >= 0.6 is 23.1 Å². The fraction of sp³-hybridized carbons (Fsp3) is 0.231. The summed E-state index contributed by atoms with van der Waals surface area (Å²) in [5.74, 6) is 0.00543. The first kappa shape index (κ1) is 14.0. The number of nitrogens with one attached hydrogen (secondary N) is 1. The fourth-order valence-corrected chi connectivity index (χ4v) is 3.52. The average molecular weight is 320 g/mol. The third-order valence-electron chi connectivity index (χ3n) is 2.88. The van der Waals surface area contributed by atoms with E-state index in [-0.39, 0.29) is 18.4 Å². The van der Waals surface area contributed by atoms with Crippen molar-refractivity contribution in [2.45, 2.75) is 11.8 Å². The number of carbonyl (C=O) groups is 2. The number of anilines is 2. The van der Waals surface area contributed by atoms with Crippen molar-refractivity contribution in [3.8, 4) is 0 Å². The van der Waals surface area contributed by atoms with E-state index in [1.807, 2.05) is 31.2 Å².